The molecule has 3 heterocycles. The number of imidazole rings is 1. The van der Waals surface area contributed by atoms with Gasteiger partial charge in [-0.25, -0.2) is 4.98 Å². The van der Waals surface area contributed by atoms with E-state index in [0.29, 0.717) is 13.0 Å². The van der Waals surface area contributed by atoms with Gasteiger partial charge in [0.05, 0.1) is 24.9 Å². The molecular formula is C20H23N5O. The predicted molar refractivity (Wildman–Crippen MR) is 99.7 cm³/mol. The average molecular weight is 349 g/mol. The molecule has 2 aromatic heterocycles. The molecule has 0 radical (unpaired) electrons. The fourth-order valence-electron chi connectivity index (χ4n) is 3.43. The van der Waals surface area contributed by atoms with Gasteiger partial charge in [-0.15, -0.1) is 0 Å². The molecular weight excluding hydrogens is 326 g/mol. The van der Waals surface area contributed by atoms with E-state index >= 15 is 0 Å². The molecule has 1 fully saturated rings. The number of hydrogen-bond donors (Lipinski definition) is 2. The van der Waals surface area contributed by atoms with Gasteiger partial charge in [0.1, 0.15) is 0 Å². The molecule has 4 rings (SSSR count). The first-order valence-corrected chi connectivity index (χ1v) is 9.09. The number of nitrogens with zero attached hydrogens (tertiary/aromatic N) is 3. The zero-order valence-electron chi connectivity index (χ0n) is 14.7. The SMILES string of the molecule is O=C(Cc1ccc(CC2CCNC2)cc1)NCc1cn2ccncc2n1. The summed E-state index contributed by atoms with van der Waals surface area (Å²) in [5.41, 5.74) is 3.99. The van der Waals surface area contributed by atoms with Crippen LogP contribution < -0.4 is 10.6 Å². The number of nitrogens with one attached hydrogen (secondary N) is 2. The first-order chi connectivity index (χ1) is 12.8. The number of fused-ring (bicyclic) bond motifs is 1. The summed E-state index contributed by atoms with van der Waals surface area (Å²) in [6.07, 6.45) is 9.92. The lowest BCUT2D eigenvalue weighted by Crippen LogP contribution is -2.24. The van der Waals surface area contributed by atoms with Crippen molar-refractivity contribution in [1.29, 1.82) is 0 Å². The second kappa shape index (κ2) is 7.66. The van der Waals surface area contributed by atoms with E-state index < -0.39 is 0 Å². The minimum Gasteiger partial charge on any atom is -0.350 e. The third kappa shape index (κ3) is 4.08. The van der Waals surface area contributed by atoms with Crippen LogP contribution in [-0.4, -0.2) is 33.4 Å². The molecule has 1 amide bonds. The topological polar surface area (TPSA) is 71.3 Å². The van der Waals surface area contributed by atoms with Crippen molar-refractivity contribution in [2.24, 2.45) is 5.92 Å². The molecule has 1 aliphatic rings. The molecule has 1 aromatic carbocycles. The van der Waals surface area contributed by atoms with Gasteiger partial charge in [0, 0.05) is 18.6 Å². The highest BCUT2D eigenvalue weighted by Crippen LogP contribution is 2.16. The maximum Gasteiger partial charge on any atom is 0.224 e. The molecule has 0 aliphatic carbocycles. The largest absolute Gasteiger partial charge is 0.350 e. The Balaban J connectivity index is 1.28. The van der Waals surface area contributed by atoms with Crippen molar-refractivity contribution in [2.75, 3.05) is 13.1 Å². The van der Waals surface area contributed by atoms with Crippen molar-refractivity contribution < 1.29 is 4.79 Å². The molecule has 2 N–H and O–H groups in total. The molecule has 6 heteroatoms. The number of amides is 1. The first-order valence-electron chi connectivity index (χ1n) is 9.09. The van der Waals surface area contributed by atoms with E-state index in [2.05, 4.69) is 44.9 Å². The standard InChI is InChI=1S/C20H23N5O/c26-20(23-12-18-14-25-8-7-22-13-19(25)24-18)10-16-3-1-15(2-4-16)9-17-5-6-21-11-17/h1-4,7-8,13-14,17,21H,5-6,9-12H2,(H,23,26). The Labute approximate surface area is 152 Å². The second-order valence-electron chi connectivity index (χ2n) is 6.91. The van der Waals surface area contributed by atoms with E-state index in [0.717, 1.165) is 42.3 Å². The summed E-state index contributed by atoms with van der Waals surface area (Å²) in [7, 11) is 0. The minimum absolute atomic E-state index is 0.00734. The molecule has 0 saturated carbocycles. The molecule has 6 nitrogen and oxygen atoms in total. The summed E-state index contributed by atoms with van der Waals surface area (Å²) in [6.45, 7) is 2.67. The number of benzene rings is 1. The van der Waals surface area contributed by atoms with Crippen LogP contribution in [0.25, 0.3) is 5.65 Å². The number of carbonyl (C=O) groups excluding carboxylic acids is 1. The molecule has 1 saturated heterocycles. The van der Waals surface area contributed by atoms with Crippen molar-refractivity contribution in [3.8, 4) is 0 Å². The van der Waals surface area contributed by atoms with E-state index in [1.165, 1.54) is 12.0 Å². The monoisotopic (exact) mass is 349 g/mol. The summed E-state index contributed by atoms with van der Waals surface area (Å²) in [4.78, 5) is 20.7. The highest BCUT2D eigenvalue weighted by atomic mass is 16.1. The van der Waals surface area contributed by atoms with Crippen LogP contribution in [0, 0.1) is 5.92 Å². The van der Waals surface area contributed by atoms with Crippen LogP contribution in [0.15, 0.2) is 49.1 Å². The zero-order chi connectivity index (χ0) is 17.8. The lowest BCUT2D eigenvalue weighted by molar-refractivity contribution is -0.120. The normalized spacial score (nSPS) is 16.8. The van der Waals surface area contributed by atoms with Crippen LogP contribution in [0.5, 0.6) is 0 Å². The van der Waals surface area contributed by atoms with Gasteiger partial charge in [0.15, 0.2) is 5.65 Å². The van der Waals surface area contributed by atoms with Crippen LogP contribution in [-0.2, 0) is 24.2 Å². The minimum atomic E-state index is 0.00734. The summed E-state index contributed by atoms with van der Waals surface area (Å²) in [5, 5.41) is 6.34. The Kier molecular flexibility index (Phi) is 4.93. The molecule has 3 aromatic rings. The van der Waals surface area contributed by atoms with Crippen LogP contribution in [0.2, 0.25) is 0 Å². The van der Waals surface area contributed by atoms with E-state index in [1.54, 1.807) is 12.4 Å². The molecule has 1 aliphatic heterocycles. The van der Waals surface area contributed by atoms with Gasteiger partial charge < -0.3 is 15.0 Å². The van der Waals surface area contributed by atoms with Crippen molar-refractivity contribution in [1.82, 2.24) is 25.0 Å². The fraction of sp³-hybridized carbons (Fsp3) is 0.350. The maximum absolute atomic E-state index is 12.2. The summed E-state index contributed by atoms with van der Waals surface area (Å²) in [5.74, 6) is 0.748. The molecule has 0 spiro atoms. The van der Waals surface area contributed by atoms with Crippen LogP contribution in [0.4, 0.5) is 0 Å². The van der Waals surface area contributed by atoms with Gasteiger partial charge >= 0.3 is 0 Å². The lowest BCUT2D eigenvalue weighted by atomic mass is 9.97. The second-order valence-corrected chi connectivity index (χ2v) is 6.91. The van der Waals surface area contributed by atoms with Gasteiger partial charge in [0.2, 0.25) is 5.91 Å². The van der Waals surface area contributed by atoms with Crippen LogP contribution in [0.1, 0.15) is 23.2 Å². The Bertz CT molecular complexity index is 848. The van der Waals surface area contributed by atoms with E-state index in [1.807, 2.05) is 16.8 Å². The van der Waals surface area contributed by atoms with Crippen molar-refractivity contribution in [3.63, 3.8) is 0 Å². The van der Waals surface area contributed by atoms with Gasteiger partial charge in [-0.3, -0.25) is 9.78 Å². The number of carbonyl (C=O) groups is 1. The summed E-state index contributed by atoms with van der Waals surface area (Å²) >= 11 is 0. The summed E-state index contributed by atoms with van der Waals surface area (Å²) < 4.78 is 1.90. The Hall–Kier alpha value is -2.73. The molecule has 134 valence electrons. The van der Waals surface area contributed by atoms with E-state index in [-0.39, 0.29) is 5.91 Å². The van der Waals surface area contributed by atoms with Gasteiger partial charge in [-0.1, -0.05) is 24.3 Å². The van der Waals surface area contributed by atoms with Gasteiger partial charge in [0.25, 0.3) is 0 Å². The predicted octanol–water partition coefficient (Wildman–Crippen LogP) is 1.74. The molecule has 26 heavy (non-hydrogen) atoms. The van der Waals surface area contributed by atoms with Crippen LogP contribution in [0.3, 0.4) is 0 Å². The summed E-state index contributed by atoms with van der Waals surface area (Å²) in [6, 6.07) is 8.42. The Morgan fingerprint density at radius 3 is 2.88 bits per heavy atom. The van der Waals surface area contributed by atoms with Crippen molar-refractivity contribution >= 4 is 11.6 Å². The smallest absolute Gasteiger partial charge is 0.224 e. The third-order valence-electron chi connectivity index (χ3n) is 4.86. The third-order valence-corrected chi connectivity index (χ3v) is 4.86. The van der Waals surface area contributed by atoms with E-state index in [9.17, 15) is 4.79 Å². The Morgan fingerprint density at radius 2 is 2.12 bits per heavy atom. The first kappa shape index (κ1) is 16.7. The average Bonchev–Trinajstić information content (AvgIpc) is 3.30. The molecule has 1 unspecified atom stereocenters. The fourth-order valence-corrected chi connectivity index (χ4v) is 3.43. The van der Waals surface area contributed by atoms with Crippen molar-refractivity contribution in [3.05, 3.63) is 65.9 Å². The Morgan fingerprint density at radius 1 is 1.27 bits per heavy atom. The van der Waals surface area contributed by atoms with Crippen LogP contribution >= 0.6 is 0 Å². The lowest BCUT2D eigenvalue weighted by Gasteiger charge is -2.09. The maximum atomic E-state index is 12.2. The van der Waals surface area contributed by atoms with Crippen molar-refractivity contribution in [2.45, 2.75) is 25.8 Å². The van der Waals surface area contributed by atoms with Gasteiger partial charge in [-0.2, -0.15) is 0 Å². The molecule has 0 bridgehead atoms. The highest BCUT2D eigenvalue weighted by molar-refractivity contribution is 5.78. The van der Waals surface area contributed by atoms with E-state index in [4.69, 9.17) is 0 Å². The van der Waals surface area contributed by atoms with Gasteiger partial charge in [-0.05, 0) is 43.0 Å². The number of rotatable bonds is 6. The molecule has 1 atom stereocenters. The number of aromatic nitrogens is 3. The number of hydrogen-bond acceptors (Lipinski definition) is 4. The quantitative estimate of drug-likeness (QED) is 0.711. The zero-order valence-corrected chi connectivity index (χ0v) is 14.7. The highest BCUT2D eigenvalue weighted by Gasteiger charge is 2.14.